The maximum absolute atomic E-state index is 5.74. The predicted octanol–water partition coefficient (Wildman–Crippen LogP) is 11.5. The molecule has 0 amide bonds. The first-order valence-electron chi connectivity index (χ1n) is 14.4. The van der Waals surface area contributed by atoms with Gasteiger partial charge in [0.15, 0.2) is 0 Å². The molecule has 1 fully saturated rings. The normalized spacial score (nSPS) is 17.8. The van der Waals surface area contributed by atoms with Gasteiger partial charge in [-0.25, -0.2) is 0 Å². The lowest BCUT2D eigenvalue weighted by molar-refractivity contribution is 0.309. The zero-order valence-corrected chi connectivity index (χ0v) is 23.1. The molecule has 1 saturated carbocycles. The van der Waals surface area contributed by atoms with Crippen LogP contribution < -0.4 is 4.74 Å². The summed E-state index contributed by atoms with van der Waals surface area (Å²) in [5, 5.41) is 20.2. The van der Waals surface area contributed by atoms with E-state index in [4.69, 9.17) is 4.74 Å². The number of hydrogen-bond donors (Lipinski definition) is 0. The molecule has 5 rings (SSSR count). The molecule has 0 atom stereocenters. The lowest BCUT2D eigenvalue weighted by Crippen LogP contribution is -2.12. The van der Waals surface area contributed by atoms with Crippen molar-refractivity contribution in [1.82, 2.24) is 0 Å². The van der Waals surface area contributed by atoms with E-state index in [0.29, 0.717) is 5.92 Å². The quantitative estimate of drug-likeness (QED) is 0.152. The molecule has 0 saturated heterocycles. The molecule has 5 nitrogen and oxygen atoms in total. The molecule has 0 heterocycles. The third-order valence-corrected chi connectivity index (χ3v) is 7.82. The van der Waals surface area contributed by atoms with Crippen molar-refractivity contribution in [2.45, 2.75) is 64.7 Å². The van der Waals surface area contributed by atoms with Gasteiger partial charge < -0.3 is 4.74 Å². The smallest absolute Gasteiger partial charge is 0.119 e. The second kappa shape index (κ2) is 13.3. The molecular formula is C34H38N4O. The Morgan fingerprint density at radius 1 is 0.641 bits per heavy atom. The predicted molar refractivity (Wildman–Crippen MR) is 161 cm³/mol. The van der Waals surface area contributed by atoms with Crippen molar-refractivity contribution in [3.63, 3.8) is 0 Å². The Balaban J connectivity index is 1.28. The molecule has 4 aromatic carbocycles. The van der Waals surface area contributed by atoms with E-state index in [1.807, 2.05) is 48.5 Å². The average molecular weight is 519 g/mol. The van der Waals surface area contributed by atoms with Gasteiger partial charge in [0.1, 0.15) is 5.75 Å². The van der Waals surface area contributed by atoms with Gasteiger partial charge in [-0.15, -0.1) is 10.2 Å². The van der Waals surface area contributed by atoms with E-state index in [1.54, 1.807) is 0 Å². The minimum absolute atomic E-state index is 0.682. The van der Waals surface area contributed by atoms with Gasteiger partial charge in [0, 0.05) is 10.8 Å². The number of ether oxygens (including phenoxy) is 1. The molecule has 200 valence electrons. The number of azo groups is 2. The van der Waals surface area contributed by atoms with Crippen LogP contribution in [0.3, 0.4) is 0 Å². The molecular weight excluding hydrogens is 480 g/mol. The van der Waals surface area contributed by atoms with Crippen LogP contribution in [0, 0.1) is 5.92 Å². The second-order valence-electron chi connectivity index (χ2n) is 10.5. The molecule has 0 unspecified atom stereocenters. The highest BCUT2D eigenvalue weighted by Crippen LogP contribution is 2.38. The van der Waals surface area contributed by atoms with Gasteiger partial charge in [0.05, 0.1) is 29.4 Å². The van der Waals surface area contributed by atoms with Crippen LogP contribution in [-0.2, 0) is 0 Å². The number of fused-ring (bicyclic) bond motifs is 1. The molecule has 0 aliphatic heterocycles. The molecule has 4 aromatic rings. The summed E-state index contributed by atoms with van der Waals surface area (Å²) < 4.78 is 5.74. The first-order valence-corrected chi connectivity index (χ1v) is 14.4. The van der Waals surface area contributed by atoms with Crippen molar-refractivity contribution in [2.24, 2.45) is 26.4 Å². The minimum Gasteiger partial charge on any atom is -0.494 e. The van der Waals surface area contributed by atoms with Crippen LogP contribution in [0.5, 0.6) is 5.75 Å². The number of nitrogens with zero attached hydrogens (tertiary/aromatic N) is 4. The van der Waals surface area contributed by atoms with Crippen LogP contribution in [0.4, 0.5) is 22.7 Å². The SMILES string of the molecule is CCCCOc1ccc(N=Nc2ccc(N=Nc3ccc(C4CCC(CC)CC4)cc3)c3ccccc23)cc1. The van der Waals surface area contributed by atoms with Crippen LogP contribution in [0.1, 0.15) is 70.3 Å². The van der Waals surface area contributed by atoms with Gasteiger partial charge in [-0.05, 0) is 98.0 Å². The van der Waals surface area contributed by atoms with Crippen LogP contribution in [0.15, 0.2) is 105 Å². The summed E-state index contributed by atoms with van der Waals surface area (Å²) >= 11 is 0. The van der Waals surface area contributed by atoms with Crippen LogP contribution in [0.2, 0.25) is 0 Å². The molecule has 5 heteroatoms. The van der Waals surface area contributed by atoms with E-state index >= 15 is 0 Å². The lowest BCUT2D eigenvalue weighted by atomic mass is 9.78. The zero-order chi connectivity index (χ0) is 26.9. The van der Waals surface area contributed by atoms with E-state index in [-0.39, 0.29) is 0 Å². The van der Waals surface area contributed by atoms with Gasteiger partial charge in [-0.3, -0.25) is 0 Å². The maximum atomic E-state index is 5.74. The van der Waals surface area contributed by atoms with Crippen molar-refractivity contribution >= 4 is 33.5 Å². The molecule has 0 radical (unpaired) electrons. The summed E-state index contributed by atoms with van der Waals surface area (Å²) in [6, 6.07) is 28.4. The number of benzene rings is 4. The Bertz CT molecular complexity index is 1400. The molecule has 1 aliphatic rings. The van der Waals surface area contributed by atoms with Crippen LogP contribution >= 0.6 is 0 Å². The fraction of sp³-hybridized carbons (Fsp3) is 0.353. The Hall–Kier alpha value is -3.86. The Labute approximate surface area is 232 Å². The molecule has 0 N–H and O–H groups in total. The van der Waals surface area contributed by atoms with Crippen LogP contribution in [-0.4, -0.2) is 6.61 Å². The highest BCUT2D eigenvalue weighted by Gasteiger charge is 2.21. The van der Waals surface area contributed by atoms with Gasteiger partial charge in [0.2, 0.25) is 0 Å². The Morgan fingerprint density at radius 2 is 1.21 bits per heavy atom. The maximum Gasteiger partial charge on any atom is 0.119 e. The zero-order valence-electron chi connectivity index (χ0n) is 23.1. The van der Waals surface area contributed by atoms with Crippen molar-refractivity contribution in [3.05, 3.63) is 90.5 Å². The molecule has 39 heavy (non-hydrogen) atoms. The molecule has 1 aliphatic carbocycles. The topological polar surface area (TPSA) is 58.7 Å². The van der Waals surface area contributed by atoms with E-state index < -0.39 is 0 Å². The molecule has 0 bridgehead atoms. The van der Waals surface area contributed by atoms with E-state index in [1.165, 1.54) is 37.7 Å². The van der Waals surface area contributed by atoms with Crippen molar-refractivity contribution in [1.29, 1.82) is 0 Å². The summed E-state index contributed by atoms with van der Waals surface area (Å²) in [7, 11) is 0. The number of hydrogen-bond acceptors (Lipinski definition) is 5. The van der Waals surface area contributed by atoms with Gasteiger partial charge >= 0.3 is 0 Å². The average Bonchev–Trinajstić information content (AvgIpc) is 3.00. The summed E-state index contributed by atoms with van der Waals surface area (Å²) in [6.07, 6.45) is 8.79. The highest BCUT2D eigenvalue weighted by atomic mass is 16.5. The number of unbranched alkanes of at least 4 members (excludes halogenated alkanes) is 1. The minimum atomic E-state index is 0.682. The van der Waals surface area contributed by atoms with E-state index in [2.05, 4.69) is 70.7 Å². The summed E-state index contributed by atoms with van der Waals surface area (Å²) in [4.78, 5) is 0. The fourth-order valence-electron chi connectivity index (χ4n) is 5.33. The largest absolute Gasteiger partial charge is 0.494 e. The van der Waals surface area contributed by atoms with Crippen molar-refractivity contribution in [2.75, 3.05) is 6.61 Å². The van der Waals surface area contributed by atoms with Gasteiger partial charge in [-0.1, -0.05) is 63.1 Å². The second-order valence-corrected chi connectivity index (χ2v) is 10.5. The molecule has 0 spiro atoms. The first-order chi connectivity index (χ1) is 19.2. The summed E-state index contributed by atoms with van der Waals surface area (Å²) in [5.41, 5.74) is 4.71. The third kappa shape index (κ3) is 6.97. The monoisotopic (exact) mass is 518 g/mol. The van der Waals surface area contributed by atoms with Crippen molar-refractivity contribution < 1.29 is 4.74 Å². The summed E-state index contributed by atoms with van der Waals surface area (Å²) in [6.45, 7) is 5.21. The summed E-state index contributed by atoms with van der Waals surface area (Å²) in [5.74, 6) is 2.46. The van der Waals surface area contributed by atoms with E-state index in [9.17, 15) is 0 Å². The van der Waals surface area contributed by atoms with Gasteiger partial charge in [0.25, 0.3) is 0 Å². The first kappa shape index (κ1) is 26.7. The van der Waals surface area contributed by atoms with E-state index in [0.717, 1.165) is 64.6 Å². The Kier molecular flexibility index (Phi) is 9.10. The van der Waals surface area contributed by atoms with Crippen molar-refractivity contribution in [3.8, 4) is 5.75 Å². The fourth-order valence-corrected chi connectivity index (χ4v) is 5.33. The van der Waals surface area contributed by atoms with Crippen LogP contribution in [0.25, 0.3) is 10.8 Å². The number of rotatable bonds is 10. The highest BCUT2D eigenvalue weighted by molar-refractivity contribution is 5.99. The Morgan fingerprint density at radius 3 is 1.74 bits per heavy atom. The third-order valence-electron chi connectivity index (χ3n) is 7.82. The lowest BCUT2D eigenvalue weighted by Gasteiger charge is -2.28. The van der Waals surface area contributed by atoms with Gasteiger partial charge in [-0.2, -0.15) is 10.2 Å². The standard InChI is InChI=1S/C34H38N4O/c1-3-5-24-39-30-20-18-29(19-21-30)36-38-34-23-22-33(31-8-6-7-9-32(31)34)37-35-28-16-14-27(15-17-28)26-12-10-25(4-2)11-13-26/h6-9,14-23,25-26H,3-5,10-13,24H2,1-2H3. The molecule has 0 aromatic heterocycles.